The molecule has 2 rings (SSSR count). The Labute approximate surface area is 89.0 Å². The molecule has 1 unspecified atom stereocenters. The lowest BCUT2D eigenvalue weighted by Gasteiger charge is -2.00. The van der Waals surface area contributed by atoms with Gasteiger partial charge in [-0.25, -0.2) is 0 Å². The monoisotopic (exact) mass is 211 g/mol. The van der Waals surface area contributed by atoms with Crippen LogP contribution in [0.1, 0.15) is 24.6 Å². The molecule has 1 aromatic rings. The summed E-state index contributed by atoms with van der Waals surface area (Å²) in [6.07, 6.45) is 3.66. The van der Waals surface area contributed by atoms with Crippen molar-refractivity contribution in [3.63, 3.8) is 0 Å². The van der Waals surface area contributed by atoms with Crippen molar-refractivity contribution in [1.82, 2.24) is 10.1 Å². The summed E-state index contributed by atoms with van der Waals surface area (Å²) in [4.78, 5) is 4.32. The highest BCUT2D eigenvalue weighted by molar-refractivity contribution is 4.89. The van der Waals surface area contributed by atoms with Crippen molar-refractivity contribution in [3.05, 3.63) is 11.7 Å². The van der Waals surface area contributed by atoms with E-state index in [4.69, 9.17) is 15.0 Å². The summed E-state index contributed by atoms with van der Waals surface area (Å²) in [5, 5.41) is 3.91. The van der Waals surface area contributed by atoms with Gasteiger partial charge >= 0.3 is 0 Å². The van der Waals surface area contributed by atoms with E-state index in [2.05, 4.69) is 10.1 Å². The Hall–Kier alpha value is -0.940. The first-order valence-electron chi connectivity index (χ1n) is 5.47. The van der Waals surface area contributed by atoms with Crippen LogP contribution in [-0.2, 0) is 17.6 Å². The minimum atomic E-state index is 0.549. The summed E-state index contributed by atoms with van der Waals surface area (Å²) in [5.41, 5.74) is 5.41. The molecule has 1 fully saturated rings. The smallest absolute Gasteiger partial charge is 0.227 e. The van der Waals surface area contributed by atoms with Crippen LogP contribution in [0.15, 0.2) is 4.52 Å². The van der Waals surface area contributed by atoms with E-state index in [0.717, 1.165) is 50.6 Å². The first-order valence-corrected chi connectivity index (χ1v) is 5.47. The van der Waals surface area contributed by atoms with Gasteiger partial charge in [-0.3, -0.25) is 0 Å². The molecule has 15 heavy (non-hydrogen) atoms. The summed E-state index contributed by atoms with van der Waals surface area (Å²) in [7, 11) is 0. The van der Waals surface area contributed by atoms with Gasteiger partial charge in [-0.05, 0) is 25.3 Å². The van der Waals surface area contributed by atoms with Crippen molar-refractivity contribution < 1.29 is 9.26 Å². The zero-order chi connectivity index (χ0) is 10.5. The van der Waals surface area contributed by atoms with Gasteiger partial charge in [-0.15, -0.1) is 0 Å². The molecular formula is C10H17N3O2. The Balaban J connectivity index is 1.83. The van der Waals surface area contributed by atoms with Crippen molar-refractivity contribution in [2.45, 2.75) is 25.7 Å². The third kappa shape index (κ3) is 3.00. The molecule has 0 aliphatic carbocycles. The van der Waals surface area contributed by atoms with Crippen LogP contribution in [0.2, 0.25) is 0 Å². The number of nitrogens with zero attached hydrogens (tertiary/aromatic N) is 2. The normalized spacial score (nSPS) is 21.0. The summed E-state index contributed by atoms with van der Waals surface area (Å²) in [6, 6.07) is 0. The van der Waals surface area contributed by atoms with Gasteiger partial charge in [0.05, 0.1) is 0 Å². The lowest BCUT2D eigenvalue weighted by Crippen LogP contribution is -2.04. The van der Waals surface area contributed by atoms with E-state index in [-0.39, 0.29) is 0 Å². The van der Waals surface area contributed by atoms with Crippen molar-refractivity contribution in [2.24, 2.45) is 11.7 Å². The summed E-state index contributed by atoms with van der Waals surface area (Å²) < 4.78 is 10.5. The minimum absolute atomic E-state index is 0.549. The summed E-state index contributed by atoms with van der Waals surface area (Å²) in [6.45, 7) is 2.35. The number of hydrogen-bond donors (Lipinski definition) is 1. The van der Waals surface area contributed by atoms with E-state index in [9.17, 15) is 0 Å². The van der Waals surface area contributed by atoms with Crippen LogP contribution in [0.3, 0.4) is 0 Å². The number of rotatable bonds is 5. The van der Waals surface area contributed by atoms with Gasteiger partial charge in [0, 0.05) is 26.1 Å². The number of aryl methyl sites for hydroxylation is 1. The Kier molecular flexibility index (Phi) is 3.69. The molecule has 0 aromatic carbocycles. The first-order chi connectivity index (χ1) is 7.38. The average molecular weight is 211 g/mol. The Bertz CT molecular complexity index is 295. The second kappa shape index (κ2) is 5.23. The Morgan fingerprint density at radius 1 is 1.47 bits per heavy atom. The molecule has 0 amide bonds. The highest BCUT2D eigenvalue weighted by Gasteiger charge is 2.19. The molecular weight excluding hydrogens is 194 g/mol. The molecule has 1 saturated heterocycles. The van der Waals surface area contributed by atoms with Gasteiger partial charge in [0.1, 0.15) is 0 Å². The molecule has 1 aromatic heterocycles. The SMILES string of the molecule is NCCCc1noc(CC2CCOC2)n1. The largest absolute Gasteiger partial charge is 0.381 e. The minimum Gasteiger partial charge on any atom is -0.381 e. The molecule has 5 nitrogen and oxygen atoms in total. The summed E-state index contributed by atoms with van der Waals surface area (Å²) >= 11 is 0. The molecule has 2 heterocycles. The van der Waals surface area contributed by atoms with Crippen LogP contribution in [0, 0.1) is 5.92 Å². The predicted octanol–water partition coefficient (Wildman–Crippen LogP) is 0.540. The maximum atomic E-state index is 5.41. The fourth-order valence-electron chi connectivity index (χ4n) is 1.73. The molecule has 0 saturated carbocycles. The third-order valence-electron chi connectivity index (χ3n) is 2.60. The molecule has 1 atom stereocenters. The average Bonchev–Trinajstić information content (AvgIpc) is 2.87. The van der Waals surface area contributed by atoms with Crippen LogP contribution < -0.4 is 5.73 Å². The van der Waals surface area contributed by atoms with E-state index >= 15 is 0 Å². The summed E-state index contributed by atoms with van der Waals surface area (Å²) in [5.74, 6) is 2.06. The van der Waals surface area contributed by atoms with E-state index in [0.29, 0.717) is 12.5 Å². The maximum Gasteiger partial charge on any atom is 0.227 e. The van der Waals surface area contributed by atoms with Crippen molar-refractivity contribution >= 4 is 0 Å². The zero-order valence-electron chi connectivity index (χ0n) is 8.82. The van der Waals surface area contributed by atoms with Crippen molar-refractivity contribution in [1.29, 1.82) is 0 Å². The van der Waals surface area contributed by atoms with Gasteiger partial charge in [0.2, 0.25) is 5.89 Å². The Morgan fingerprint density at radius 3 is 3.13 bits per heavy atom. The predicted molar refractivity (Wildman–Crippen MR) is 54.3 cm³/mol. The third-order valence-corrected chi connectivity index (χ3v) is 2.60. The standard InChI is InChI=1S/C10H17N3O2/c11-4-1-2-9-12-10(15-13-9)6-8-3-5-14-7-8/h8H,1-7,11H2. The zero-order valence-corrected chi connectivity index (χ0v) is 8.82. The van der Waals surface area contributed by atoms with E-state index in [1.807, 2.05) is 0 Å². The van der Waals surface area contributed by atoms with Crippen molar-refractivity contribution in [2.75, 3.05) is 19.8 Å². The van der Waals surface area contributed by atoms with E-state index in [1.165, 1.54) is 0 Å². The van der Waals surface area contributed by atoms with Gasteiger partial charge in [0.25, 0.3) is 0 Å². The number of hydrogen-bond acceptors (Lipinski definition) is 5. The Morgan fingerprint density at radius 2 is 2.40 bits per heavy atom. The van der Waals surface area contributed by atoms with Gasteiger partial charge in [-0.1, -0.05) is 5.16 Å². The maximum absolute atomic E-state index is 5.41. The lowest BCUT2D eigenvalue weighted by molar-refractivity contribution is 0.183. The highest BCUT2D eigenvalue weighted by Crippen LogP contribution is 2.17. The van der Waals surface area contributed by atoms with Crippen molar-refractivity contribution in [3.8, 4) is 0 Å². The van der Waals surface area contributed by atoms with Crippen LogP contribution in [0.5, 0.6) is 0 Å². The molecule has 5 heteroatoms. The number of aromatic nitrogens is 2. The molecule has 2 N–H and O–H groups in total. The second-order valence-electron chi connectivity index (χ2n) is 3.93. The fourth-order valence-corrected chi connectivity index (χ4v) is 1.73. The fraction of sp³-hybridized carbons (Fsp3) is 0.800. The quantitative estimate of drug-likeness (QED) is 0.769. The van der Waals surface area contributed by atoms with Gasteiger partial charge in [-0.2, -0.15) is 4.98 Å². The van der Waals surface area contributed by atoms with Crippen LogP contribution >= 0.6 is 0 Å². The van der Waals surface area contributed by atoms with Crippen LogP contribution in [0.4, 0.5) is 0 Å². The molecule has 1 aliphatic rings. The second-order valence-corrected chi connectivity index (χ2v) is 3.93. The van der Waals surface area contributed by atoms with E-state index in [1.54, 1.807) is 0 Å². The van der Waals surface area contributed by atoms with Gasteiger partial charge in [0.15, 0.2) is 5.82 Å². The van der Waals surface area contributed by atoms with Gasteiger partial charge < -0.3 is 15.0 Å². The highest BCUT2D eigenvalue weighted by atomic mass is 16.5. The van der Waals surface area contributed by atoms with Crippen LogP contribution in [-0.4, -0.2) is 29.9 Å². The molecule has 84 valence electrons. The topological polar surface area (TPSA) is 74.2 Å². The first kappa shape index (κ1) is 10.6. The molecule has 0 radical (unpaired) electrons. The number of nitrogens with two attached hydrogens (primary N) is 1. The lowest BCUT2D eigenvalue weighted by atomic mass is 10.1. The molecule has 1 aliphatic heterocycles. The molecule has 0 spiro atoms. The number of ether oxygens (including phenoxy) is 1. The molecule has 0 bridgehead atoms. The van der Waals surface area contributed by atoms with Crippen LogP contribution in [0.25, 0.3) is 0 Å². The van der Waals surface area contributed by atoms with E-state index < -0.39 is 0 Å².